The van der Waals surface area contributed by atoms with Crippen molar-refractivity contribution in [2.45, 2.75) is 18.9 Å². The van der Waals surface area contributed by atoms with Gasteiger partial charge in [-0.15, -0.1) is 0 Å². The van der Waals surface area contributed by atoms with E-state index in [1.807, 2.05) is 0 Å². The molecule has 1 fully saturated rings. The maximum atomic E-state index is 12.9. The lowest BCUT2D eigenvalue weighted by Gasteiger charge is -2.32. The number of halogens is 1. The number of methoxy groups -OCH3 is 1. The molecule has 1 aromatic heterocycles. The van der Waals surface area contributed by atoms with Gasteiger partial charge in [0, 0.05) is 32.0 Å². The molecule has 8 heteroatoms. The van der Waals surface area contributed by atoms with Gasteiger partial charge in [0.25, 0.3) is 0 Å². The third kappa shape index (κ3) is 4.56. The molecule has 0 aliphatic carbocycles. The summed E-state index contributed by atoms with van der Waals surface area (Å²) in [7, 11) is 1.50. The second kappa shape index (κ2) is 7.78. The first-order valence-corrected chi connectivity index (χ1v) is 7.98. The third-order valence-corrected chi connectivity index (χ3v) is 3.93. The Labute approximate surface area is 144 Å². The highest BCUT2D eigenvalue weighted by atomic mass is 19.1. The van der Waals surface area contributed by atoms with Gasteiger partial charge >= 0.3 is 6.03 Å². The summed E-state index contributed by atoms with van der Waals surface area (Å²) >= 11 is 0. The van der Waals surface area contributed by atoms with Crippen LogP contribution in [-0.2, 0) is 0 Å². The van der Waals surface area contributed by atoms with Crippen molar-refractivity contribution in [2.75, 3.05) is 25.5 Å². The number of urea groups is 1. The summed E-state index contributed by atoms with van der Waals surface area (Å²) in [6.45, 7) is 1.14. The van der Waals surface area contributed by atoms with Gasteiger partial charge in [0.15, 0.2) is 0 Å². The second-order valence-electron chi connectivity index (χ2n) is 5.63. The Kier molecular flexibility index (Phi) is 5.27. The van der Waals surface area contributed by atoms with Crippen LogP contribution in [0.25, 0.3) is 0 Å². The smallest absolute Gasteiger partial charge is 0.323 e. The molecule has 2 aromatic rings. The van der Waals surface area contributed by atoms with Gasteiger partial charge in [-0.25, -0.2) is 19.2 Å². The molecule has 7 nitrogen and oxygen atoms in total. The van der Waals surface area contributed by atoms with Gasteiger partial charge in [-0.2, -0.15) is 0 Å². The van der Waals surface area contributed by atoms with Gasteiger partial charge in [0.1, 0.15) is 29.8 Å². The van der Waals surface area contributed by atoms with Crippen molar-refractivity contribution in [3.63, 3.8) is 0 Å². The van der Waals surface area contributed by atoms with E-state index in [0.717, 1.165) is 0 Å². The van der Waals surface area contributed by atoms with Crippen LogP contribution in [0.4, 0.5) is 15.0 Å². The Morgan fingerprint density at radius 3 is 2.64 bits per heavy atom. The van der Waals surface area contributed by atoms with Crippen molar-refractivity contribution >= 4 is 11.8 Å². The topological polar surface area (TPSA) is 76.6 Å². The van der Waals surface area contributed by atoms with Crippen molar-refractivity contribution in [3.8, 4) is 11.6 Å². The number of nitrogens with one attached hydrogen (secondary N) is 1. The monoisotopic (exact) mass is 346 g/mol. The van der Waals surface area contributed by atoms with Gasteiger partial charge in [-0.1, -0.05) is 0 Å². The number of ether oxygens (including phenoxy) is 2. The minimum atomic E-state index is -0.291. The number of carbonyl (C=O) groups excluding carboxylic acids is 1. The first kappa shape index (κ1) is 16.9. The van der Waals surface area contributed by atoms with E-state index >= 15 is 0 Å². The molecule has 0 bridgehead atoms. The van der Waals surface area contributed by atoms with E-state index in [4.69, 9.17) is 9.47 Å². The molecule has 1 aromatic carbocycles. The highest BCUT2D eigenvalue weighted by Crippen LogP contribution is 2.20. The van der Waals surface area contributed by atoms with Crippen LogP contribution < -0.4 is 14.8 Å². The largest absolute Gasteiger partial charge is 0.490 e. The SMILES string of the molecule is COc1cc(NC(=O)N2CCC(Oc3ccc(F)cc3)CC2)ncn1. The van der Waals surface area contributed by atoms with E-state index in [-0.39, 0.29) is 18.0 Å². The van der Waals surface area contributed by atoms with Crippen LogP contribution >= 0.6 is 0 Å². The number of nitrogens with zero attached hydrogens (tertiary/aromatic N) is 3. The molecule has 2 heterocycles. The van der Waals surface area contributed by atoms with Crippen molar-refractivity contribution in [3.05, 3.63) is 42.5 Å². The molecule has 0 saturated carbocycles. The van der Waals surface area contributed by atoms with E-state index < -0.39 is 0 Å². The highest BCUT2D eigenvalue weighted by molar-refractivity contribution is 5.88. The van der Waals surface area contributed by atoms with Crippen molar-refractivity contribution in [2.24, 2.45) is 0 Å². The molecule has 132 valence electrons. The number of carbonyl (C=O) groups is 1. The van der Waals surface area contributed by atoms with E-state index in [2.05, 4.69) is 15.3 Å². The van der Waals surface area contributed by atoms with E-state index in [0.29, 0.717) is 43.4 Å². The van der Waals surface area contributed by atoms with Gasteiger partial charge in [0.2, 0.25) is 5.88 Å². The number of hydrogen-bond donors (Lipinski definition) is 1. The zero-order valence-electron chi connectivity index (χ0n) is 13.8. The minimum Gasteiger partial charge on any atom is -0.490 e. The number of piperidine rings is 1. The van der Waals surface area contributed by atoms with E-state index in [1.54, 1.807) is 23.1 Å². The molecule has 0 atom stereocenters. The van der Waals surface area contributed by atoms with Crippen molar-refractivity contribution in [1.29, 1.82) is 0 Å². The molecule has 0 radical (unpaired) electrons. The molecule has 1 aliphatic rings. The van der Waals surface area contributed by atoms with Crippen LogP contribution in [-0.4, -0.2) is 47.2 Å². The van der Waals surface area contributed by atoms with Crippen LogP contribution in [0, 0.1) is 5.82 Å². The summed E-state index contributed by atoms with van der Waals surface area (Å²) in [4.78, 5) is 21.9. The highest BCUT2D eigenvalue weighted by Gasteiger charge is 2.24. The molecule has 0 unspecified atom stereocenters. The normalized spacial score (nSPS) is 14.9. The number of amides is 2. The van der Waals surface area contributed by atoms with E-state index in [1.165, 1.54) is 25.6 Å². The summed E-state index contributed by atoms with van der Waals surface area (Å²) in [5, 5.41) is 2.73. The number of hydrogen-bond acceptors (Lipinski definition) is 5. The Morgan fingerprint density at radius 1 is 1.24 bits per heavy atom. The van der Waals surface area contributed by atoms with Gasteiger partial charge in [0.05, 0.1) is 7.11 Å². The minimum absolute atomic E-state index is 0.00801. The van der Waals surface area contributed by atoms with Crippen LogP contribution in [0.5, 0.6) is 11.6 Å². The zero-order chi connectivity index (χ0) is 17.6. The fourth-order valence-corrected chi connectivity index (χ4v) is 2.59. The first-order chi connectivity index (χ1) is 12.1. The number of likely N-dealkylation sites (tertiary alicyclic amines) is 1. The summed E-state index contributed by atoms with van der Waals surface area (Å²) in [6, 6.07) is 7.29. The Morgan fingerprint density at radius 2 is 1.96 bits per heavy atom. The summed E-state index contributed by atoms with van der Waals surface area (Å²) in [5.41, 5.74) is 0. The zero-order valence-corrected chi connectivity index (χ0v) is 13.8. The molecule has 2 amide bonds. The second-order valence-corrected chi connectivity index (χ2v) is 5.63. The summed E-state index contributed by atoms with van der Waals surface area (Å²) < 4.78 is 23.7. The van der Waals surface area contributed by atoms with E-state index in [9.17, 15) is 9.18 Å². The molecule has 1 saturated heterocycles. The molecular formula is C17H19FN4O3. The Balaban J connectivity index is 1.49. The van der Waals surface area contributed by atoms with Crippen LogP contribution in [0.3, 0.4) is 0 Å². The Bertz CT molecular complexity index is 718. The predicted molar refractivity (Wildman–Crippen MR) is 89.2 cm³/mol. The fourth-order valence-electron chi connectivity index (χ4n) is 2.59. The molecule has 25 heavy (non-hydrogen) atoms. The number of aromatic nitrogens is 2. The lowest BCUT2D eigenvalue weighted by atomic mass is 10.1. The van der Waals surface area contributed by atoms with Crippen LogP contribution in [0.1, 0.15) is 12.8 Å². The fraction of sp³-hybridized carbons (Fsp3) is 0.353. The van der Waals surface area contributed by atoms with Gasteiger partial charge in [-0.3, -0.25) is 5.32 Å². The predicted octanol–water partition coefficient (Wildman–Crippen LogP) is 2.70. The third-order valence-electron chi connectivity index (χ3n) is 3.93. The van der Waals surface area contributed by atoms with Crippen molar-refractivity contribution in [1.82, 2.24) is 14.9 Å². The Hall–Kier alpha value is -2.90. The van der Waals surface area contributed by atoms with Crippen molar-refractivity contribution < 1.29 is 18.7 Å². The van der Waals surface area contributed by atoms with Crippen LogP contribution in [0.2, 0.25) is 0 Å². The van der Waals surface area contributed by atoms with Crippen LogP contribution in [0.15, 0.2) is 36.7 Å². The molecule has 3 rings (SSSR count). The molecular weight excluding hydrogens is 327 g/mol. The average Bonchev–Trinajstić information content (AvgIpc) is 2.64. The number of anilines is 1. The first-order valence-electron chi connectivity index (χ1n) is 7.98. The van der Waals surface area contributed by atoms with Gasteiger partial charge < -0.3 is 14.4 Å². The summed E-state index contributed by atoms with van der Waals surface area (Å²) in [5.74, 6) is 1.12. The lowest BCUT2D eigenvalue weighted by Crippen LogP contribution is -2.43. The maximum absolute atomic E-state index is 12.9. The maximum Gasteiger partial charge on any atom is 0.323 e. The lowest BCUT2D eigenvalue weighted by molar-refractivity contribution is 0.115. The number of benzene rings is 1. The molecule has 1 aliphatic heterocycles. The van der Waals surface area contributed by atoms with Gasteiger partial charge in [-0.05, 0) is 24.3 Å². The quantitative estimate of drug-likeness (QED) is 0.921. The molecule has 1 N–H and O–H groups in total. The molecule has 0 spiro atoms. The number of rotatable bonds is 4. The standard InChI is InChI=1S/C17H19FN4O3/c1-24-16-10-15(19-11-20-16)21-17(23)22-8-6-14(7-9-22)25-13-4-2-12(18)3-5-13/h2-5,10-11,14H,6-9H2,1H3,(H,19,20,21,23). The summed E-state index contributed by atoms with van der Waals surface area (Å²) in [6.07, 6.45) is 2.75. The average molecular weight is 346 g/mol.